The van der Waals surface area contributed by atoms with Crippen molar-refractivity contribution >= 4 is 5.91 Å². The van der Waals surface area contributed by atoms with Gasteiger partial charge in [-0.15, -0.1) is 0 Å². The summed E-state index contributed by atoms with van der Waals surface area (Å²) in [6, 6.07) is 3.30. The molecule has 0 unspecified atom stereocenters. The highest BCUT2D eigenvalue weighted by Gasteiger charge is 2.28. The first-order chi connectivity index (χ1) is 11.2. The zero-order valence-corrected chi connectivity index (χ0v) is 13.0. The minimum atomic E-state index is -0.784. The van der Waals surface area contributed by atoms with Crippen LogP contribution in [0.2, 0.25) is 0 Å². The highest BCUT2D eigenvalue weighted by atomic mass is 16.3. The van der Waals surface area contributed by atoms with Crippen LogP contribution in [-0.2, 0) is 0 Å². The number of aromatic nitrogens is 4. The predicted octanol–water partition coefficient (Wildman–Crippen LogP) is 1.48. The van der Waals surface area contributed by atoms with Crippen molar-refractivity contribution in [2.24, 2.45) is 0 Å². The molecule has 0 atom stereocenters. The molecule has 23 heavy (non-hydrogen) atoms. The maximum Gasteiger partial charge on any atom is 0.251 e. The second-order valence-corrected chi connectivity index (χ2v) is 6.06. The smallest absolute Gasteiger partial charge is 0.251 e. The van der Waals surface area contributed by atoms with Crippen molar-refractivity contribution in [3.8, 4) is 5.82 Å². The van der Waals surface area contributed by atoms with Gasteiger partial charge in [0.25, 0.3) is 5.91 Å². The molecule has 2 aromatic heterocycles. The molecule has 0 radical (unpaired) electrons. The van der Waals surface area contributed by atoms with E-state index in [1.807, 2.05) is 0 Å². The normalized spacial score (nSPS) is 17.4. The van der Waals surface area contributed by atoms with E-state index in [0.717, 1.165) is 38.5 Å². The van der Waals surface area contributed by atoms with Crippen LogP contribution in [0.1, 0.15) is 48.9 Å². The lowest BCUT2D eigenvalue weighted by Gasteiger charge is -2.26. The number of carbonyl (C=O) groups is 1. The van der Waals surface area contributed by atoms with Crippen LogP contribution in [0.5, 0.6) is 0 Å². The zero-order valence-electron chi connectivity index (χ0n) is 13.0. The second-order valence-electron chi connectivity index (χ2n) is 6.06. The van der Waals surface area contributed by atoms with Gasteiger partial charge in [0.2, 0.25) is 0 Å². The van der Waals surface area contributed by atoms with E-state index in [9.17, 15) is 9.90 Å². The molecule has 1 aliphatic carbocycles. The number of carbonyl (C=O) groups excluding carboxylic acids is 1. The summed E-state index contributed by atoms with van der Waals surface area (Å²) >= 11 is 0. The van der Waals surface area contributed by atoms with Crippen LogP contribution < -0.4 is 5.32 Å². The van der Waals surface area contributed by atoms with E-state index >= 15 is 0 Å². The summed E-state index contributed by atoms with van der Waals surface area (Å²) < 4.78 is 1.50. The van der Waals surface area contributed by atoms with Crippen LogP contribution in [-0.4, -0.2) is 42.9 Å². The molecule has 0 saturated heterocycles. The number of rotatable bonds is 4. The lowest BCUT2D eigenvalue weighted by atomic mass is 9.94. The first-order valence-corrected chi connectivity index (χ1v) is 7.98. The van der Waals surface area contributed by atoms with Crippen LogP contribution in [0.15, 0.2) is 31.0 Å². The van der Waals surface area contributed by atoms with E-state index in [4.69, 9.17) is 0 Å². The van der Waals surface area contributed by atoms with E-state index in [1.54, 1.807) is 18.3 Å². The molecule has 7 heteroatoms. The molecular formula is C16H21N5O2. The van der Waals surface area contributed by atoms with Gasteiger partial charge in [-0.1, -0.05) is 25.7 Å². The zero-order chi connectivity index (χ0) is 16.1. The molecule has 0 aromatic carbocycles. The molecule has 2 N–H and O–H groups in total. The van der Waals surface area contributed by atoms with Gasteiger partial charge in [0.1, 0.15) is 12.7 Å². The highest BCUT2D eigenvalue weighted by Crippen LogP contribution is 2.26. The minimum absolute atomic E-state index is 0.216. The van der Waals surface area contributed by atoms with Gasteiger partial charge >= 0.3 is 0 Å². The van der Waals surface area contributed by atoms with E-state index in [0.29, 0.717) is 11.4 Å². The fourth-order valence-corrected chi connectivity index (χ4v) is 2.92. The van der Waals surface area contributed by atoms with Gasteiger partial charge in [0.05, 0.1) is 5.60 Å². The van der Waals surface area contributed by atoms with Crippen molar-refractivity contribution in [1.82, 2.24) is 25.1 Å². The summed E-state index contributed by atoms with van der Waals surface area (Å²) in [6.07, 6.45) is 10.3. The maximum absolute atomic E-state index is 12.3. The third kappa shape index (κ3) is 3.92. The number of nitrogens with zero attached hydrogens (tertiary/aromatic N) is 4. The quantitative estimate of drug-likeness (QED) is 0.834. The fourth-order valence-electron chi connectivity index (χ4n) is 2.92. The Hall–Kier alpha value is -2.28. The van der Waals surface area contributed by atoms with Crippen molar-refractivity contribution in [3.05, 3.63) is 36.5 Å². The largest absolute Gasteiger partial charge is 0.388 e. The van der Waals surface area contributed by atoms with E-state index in [2.05, 4.69) is 20.4 Å². The minimum Gasteiger partial charge on any atom is -0.388 e. The molecule has 0 bridgehead atoms. The van der Waals surface area contributed by atoms with Gasteiger partial charge < -0.3 is 10.4 Å². The Labute approximate surface area is 134 Å². The number of aliphatic hydroxyl groups is 1. The Morgan fingerprint density at radius 3 is 2.78 bits per heavy atom. The number of nitrogens with one attached hydrogen (secondary N) is 1. The number of hydrogen-bond donors (Lipinski definition) is 2. The van der Waals surface area contributed by atoms with Gasteiger partial charge in [-0.25, -0.2) is 14.6 Å². The molecule has 2 heterocycles. The summed E-state index contributed by atoms with van der Waals surface area (Å²) in [6.45, 7) is 0.285. The predicted molar refractivity (Wildman–Crippen MR) is 84.1 cm³/mol. The maximum atomic E-state index is 12.3. The lowest BCUT2D eigenvalue weighted by molar-refractivity contribution is 0.0246. The van der Waals surface area contributed by atoms with Gasteiger partial charge in [-0.3, -0.25) is 4.79 Å². The molecule has 0 aliphatic heterocycles. The fraction of sp³-hybridized carbons (Fsp3) is 0.500. The molecule has 3 rings (SSSR count). The summed E-state index contributed by atoms with van der Waals surface area (Å²) in [4.78, 5) is 20.4. The SMILES string of the molecule is O=C(NCC1(O)CCCCCC1)c1ccnc(-n2cncn2)c1. The van der Waals surface area contributed by atoms with E-state index in [-0.39, 0.29) is 12.5 Å². The van der Waals surface area contributed by atoms with Crippen LogP contribution in [0.4, 0.5) is 0 Å². The van der Waals surface area contributed by atoms with Gasteiger partial charge in [0.15, 0.2) is 5.82 Å². The summed E-state index contributed by atoms with van der Waals surface area (Å²) in [7, 11) is 0. The van der Waals surface area contributed by atoms with Crippen molar-refractivity contribution in [1.29, 1.82) is 0 Å². The average molecular weight is 315 g/mol. The van der Waals surface area contributed by atoms with Crippen molar-refractivity contribution in [3.63, 3.8) is 0 Å². The molecule has 1 saturated carbocycles. The lowest BCUT2D eigenvalue weighted by Crippen LogP contribution is -2.42. The third-order valence-electron chi connectivity index (χ3n) is 4.27. The molecule has 1 aliphatic rings. The Balaban J connectivity index is 1.65. The molecular weight excluding hydrogens is 294 g/mol. The van der Waals surface area contributed by atoms with Crippen LogP contribution in [0, 0.1) is 0 Å². The van der Waals surface area contributed by atoms with Gasteiger partial charge in [-0.05, 0) is 25.0 Å². The van der Waals surface area contributed by atoms with E-state index < -0.39 is 5.60 Å². The van der Waals surface area contributed by atoms with Crippen molar-refractivity contribution in [2.45, 2.75) is 44.1 Å². The molecule has 1 amide bonds. The first-order valence-electron chi connectivity index (χ1n) is 7.98. The number of amides is 1. The topological polar surface area (TPSA) is 92.9 Å². The van der Waals surface area contributed by atoms with Crippen molar-refractivity contribution in [2.75, 3.05) is 6.54 Å². The third-order valence-corrected chi connectivity index (χ3v) is 4.27. The average Bonchev–Trinajstić information content (AvgIpc) is 3.02. The van der Waals surface area contributed by atoms with Crippen LogP contribution in [0.25, 0.3) is 5.82 Å². The number of hydrogen-bond acceptors (Lipinski definition) is 5. The Bertz CT molecular complexity index is 648. The molecule has 2 aromatic rings. The molecule has 1 fully saturated rings. The molecule has 7 nitrogen and oxygen atoms in total. The highest BCUT2D eigenvalue weighted by molar-refractivity contribution is 5.94. The number of pyridine rings is 1. The standard InChI is InChI=1S/C16H21N5O2/c22-15(19-10-16(23)6-3-1-2-4-7-16)13-5-8-18-14(9-13)21-12-17-11-20-21/h5,8-9,11-12,23H,1-4,6-7,10H2,(H,19,22). The van der Waals surface area contributed by atoms with Crippen LogP contribution >= 0.6 is 0 Å². The van der Waals surface area contributed by atoms with E-state index in [1.165, 1.54) is 17.3 Å². The van der Waals surface area contributed by atoms with Crippen LogP contribution in [0.3, 0.4) is 0 Å². The monoisotopic (exact) mass is 315 g/mol. The molecule has 122 valence electrons. The Morgan fingerprint density at radius 2 is 2.09 bits per heavy atom. The Kier molecular flexibility index (Phi) is 4.66. The summed E-state index contributed by atoms with van der Waals surface area (Å²) in [5.74, 6) is 0.315. The van der Waals surface area contributed by atoms with Crippen molar-refractivity contribution < 1.29 is 9.90 Å². The first kappa shape index (κ1) is 15.6. The second kappa shape index (κ2) is 6.87. The Morgan fingerprint density at radius 1 is 1.30 bits per heavy atom. The summed E-state index contributed by atoms with van der Waals surface area (Å²) in [5, 5.41) is 17.4. The summed E-state index contributed by atoms with van der Waals surface area (Å²) in [5.41, 5.74) is -0.295. The van der Waals surface area contributed by atoms with Gasteiger partial charge in [-0.2, -0.15) is 5.10 Å². The molecule has 0 spiro atoms. The van der Waals surface area contributed by atoms with Gasteiger partial charge in [0, 0.05) is 18.3 Å².